The van der Waals surface area contributed by atoms with Crippen molar-refractivity contribution in [1.29, 1.82) is 0 Å². The number of nitrogens with zero attached hydrogens (tertiary/aromatic N) is 2. The number of methoxy groups -OCH3 is 1. The van der Waals surface area contributed by atoms with Crippen molar-refractivity contribution in [2.45, 2.75) is 13.8 Å². The van der Waals surface area contributed by atoms with Gasteiger partial charge in [-0.1, -0.05) is 12.1 Å². The van der Waals surface area contributed by atoms with Gasteiger partial charge in [-0.25, -0.2) is 0 Å². The quantitative estimate of drug-likeness (QED) is 0.846. The number of hydrogen-bond acceptors (Lipinski definition) is 3. The summed E-state index contributed by atoms with van der Waals surface area (Å²) in [7, 11) is 1.63. The highest BCUT2D eigenvalue weighted by Gasteiger charge is 2.17. The van der Waals surface area contributed by atoms with Gasteiger partial charge < -0.3 is 9.64 Å². The molecule has 0 N–H and O–H groups in total. The zero-order chi connectivity index (χ0) is 15.2. The van der Waals surface area contributed by atoms with Gasteiger partial charge in [0.2, 0.25) is 0 Å². The van der Waals surface area contributed by atoms with Crippen LogP contribution in [0.2, 0.25) is 0 Å². The second-order valence-electron chi connectivity index (χ2n) is 4.63. The van der Waals surface area contributed by atoms with Crippen LogP contribution < -0.4 is 4.74 Å². The zero-order valence-electron chi connectivity index (χ0n) is 12.7. The summed E-state index contributed by atoms with van der Waals surface area (Å²) in [6.07, 6.45) is 3.34. The van der Waals surface area contributed by atoms with Gasteiger partial charge in [0.05, 0.1) is 12.7 Å². The molecule has 21 heavy (non-hydrogen) atoms. The molecule has 0 aliphatic carbocycles. The smallest absolute Gasteiger partial charge is 0.256 e. The van der Waals surface area contributed by atoms with Gasteiger partial charge in [0.15, 0.2) is 0 Å². The predicted molar refractivity (Wildman–Crippen MR) is 83.5 cm³/mol. The monoisotopic (exact) mass is 284 g/mol. The SMILES string of the molecule is CCN(CC)C(=O)c1cnccc1-c1cccc(OC)c1. The molecule has 0 aliphatic heterocycles. The normalized spacial score (nSPS) is 10.2. The first kappa shape index (κ1) is 15.0. The lowest BCUT2D eigenvalue weighted by atomic mass is 10.0. The van der Waals surface area contributed by atoms with Gasteiger partial charge in [0.1, 0.15) is 5.75 Å². The molecule has 0 radical (unpaired) electrons. The second kappa shape index (κ2) is 6.88. The standard InChI is InChI=1S/C17H20N2O2/c1-4-19(5-2)17(20)16-12-18-10-9-15(16)13-7-6-8-14(11-13)21-3/h6-12H,4-5H2,1-3H3. The van der Waals surface area contributed by atoms with Crippen molar-refractivity contribution in [3.63, 3.8) is 0 Å². The number of rotatable bonds is 5. The maximum atomic E-state index is 12.6. The first-order valence-corrected chi connectivity index (χ1v) is 7.09. The Balaban J connectivity index is 2.47. The zero-order valence-corrected chi connectivity index (χ0v) is 12.7. The summed E-state index contributed by atoms with van der Waals surface area (Å²) in [4.78, 5) is 18.5. The Morgan fingerprint density at radius 1 is 1.24 bits per heavy atom. The van der Waals surface area contributed by atoms with E-state index in [0.29, 0.717) is 18.7 Å². The van der Waals surface area contributed by atoms with Crippen molar-refractivity contribution in [1.82, 2.24) is 9.88 Å². The molecule has 0 spiro atoms. The lowest BCUT2D eigenvalue weighted by Gasteiger charge is -2.20. The molecule has 2 aromatic rings. The Morgan fingerprint density at radius 3 is 2.67 bits per heavy atom. The van der Waals surface area contributed by atoms with Crippen LogP contribution in [-0.4, -0.2) is 36.0 Å². The third-order valence-electron chi connectivity index (χ3n) is 3.48. The fourth-order valence-corrected chi connectivity index (χ4v) is 2.29. The highest BCUT2D eigenvalue weighted by Crippen LogP contribution is 2.27. The highest BCUT2D eigenvalue weighted by atomic mass is 16.5. The lowest BCUT2D eigenvalue weighted by molar-refractivity contribution is 0.0773. The number of amides is 1. The Morgan fingerprint density at radius 2 is 2.00 bits per heavy atom. The molecule has 0 saturated carbocycles. The molecule has 0 bridgehead atoms. The van der Waals surface area contributed by atoms with Gasteiger partial charge in [-0.05, 0) is 43.2 Å². The van der Waals surface area contributed by atoms with E-state index in [-0.39, 0.29) is 5.91 Å². The number of carbonyl (C=O) groups excluding carboxylic acids is 1. The number of benzene rings is 1. The molecule has 4 heteroatoms. The molecule has 0 unspecified atom stereocenters. The van der Waals surface area contributed by atoms with Crippen molar-refractivity contribution < 1.29 is 9.53 Å². The van der Waals surface area contributed by atoms with Crippen LogP contribution in [0.3, 0.4) is 0 Å². The van der Waals surface area contributed by atoms with Crippen LogP contribution in [0, 0.1) is 0 Å². The summed E-state index contributed by atoms with van der Waals surface area (Å²) in [5.41, 5.74) is 2.45. The molecule has 0 atom stereocenters. The average Bonchev–Trinajstić information content (AvgIpc) is 2.56. The van der Waals surface area contributed by atoms with Gasteiger partial charge in [-0.2, -0.15) is 0 Å². The minimum Gasteiger partial charge on any atom is -0.497 e. The second-order valence-corrected chi connectivity index (χ2v) is 4.63. The van der Waals surface area contributed by atoms with E-state index in [1.165, 1.54) is 0 Å². The Bertz CT molecular complexity index is 622. The van der Waals surface area contributed by atoms with E-state index in [4.69, 9.17) is 4.74 Å². The highest BCUT2D eigenvalue weighted by molar-refractivity contribution is 6.00. The van der Waals surface area contributed by atoms with Crippen LogP contribution in [0.25, 0.3) is 11.1 Å². The number of hydrogen-bond donors (Lipinski definition) is 0. The lowest BCUT2D eigenvalue weighted by Crippen LogP contribution is -2.30. The van der Waals surface area contributed by atoms with Crippen LogP contribution in [0.15, 0.2) is 42.7 Å². The maximum absolute atomic E-state index is 12.6. The van der Waals surface area contributed by atoms with Crippen LogP contribution in [0.4, 0.5) is 0 Å². The van der Waals surface area contributed by atoms with E-state index in [0.717, 1.165) is 16.9 Å². The first-order chi connectivity index (χ1) is 10.2. The molecule has 0 aliphatic rings. The number of carbonyl (C=O) groups is 1. The van der Waals surface area contributed by atoms with Crippen LogP contribution in [0.1, 0.15) is 24.2 Å². The van der Waals surface area contributed by atoms with Crippen LogP contribution >= 0.6 is 0 Å². The Labute approximate surface area is 125 Å². The summed E-state index contributed by atoms with van der Waals surface area (Å²) in [6.45, 7) is 5.32. The van der Waals surface area contributed by atoms with Gasteiger partial charge >= 0.3 is 0 Å². The third-order valence-corrected chi connectivity index (χ3v) is 3.48. The molecule has 110 valence electrons. The van der Waals surface area contributed by atoms with Gasteiger partial charge in [-0.3, -0.25) is 9.78 Å². The Kier molecular flexibility index (Phi) is 4.93. The van der Waals surface area contributed by atoms with Crippen molar-refractivity contribution in [2.24, 2.45) is 0 Å². The van der Waals surface area contributed by atoms with E-state index in [1.54, 1.807) is 24.4 Å². The van der Waals surface area contributed by atoms with Gasteiger partial charge in [0, 0.05) is 25.5 Å². The first-order valence-electron chi connectivity index (χ1n) is 7.09. The largest absolute Gasteiger partial charge is 0.497 e. The average molecular weight is 284 g/mol. The van der Waals surface area contributed by atoms with E-state index < -0.39 is 0 Å². The van der Waals surface area contributed by atoms with Gasteiger partial charge in [-0.15, -0.1) is 0 Å². The Hall–Kier alpha value is -2.36. The number of ether oxygens (including phenoxy) is 1. The fourth-order valence-electron chi connectivity index (χ4n) is 2.29. The van der Waals surface area contributed by atoms with Crippen molar-refractivity contribution in [3.05, 3.63) is 48.3 Å². The molecule has 1 aromatic carbocycles. The van der Waals surface area contributed by atoms with Crippen LogP contribution in [-0.2, 0) is 0 Å². The minimum atomic E-state index is 0.00548. The van der Waals surface area contributed by atoms with Crippen molar-refractivity contribution >= 4 is 5.91 Å². The molecule has 2 rings (SSSR count). The molecule has 1 heterocycles. The number of pyridine rings is 1. The van der Waals surface area contributed by atoms with Crippen molar-refractivity contribution in [3.8, 4) is 16.9 Å². The van der Waals surface area contributed by atoms with Gasteiger partial charge in [0.25, 0.3) is 5.91 Å². The summed E-state index contributed by atoms with van der Waals surface area (Å²) in [6, 6.07) is 9.56. The molecule has 1 amide bonds. The predicted octanol–water partition coefficient (Wildman–Crippen LogP) is 3.24. The van der Waals surface area contributed by atoms with E-state index in [2.05, 4.69) is 4.98 Å². The van der Waals surface area contributed by atoms with Crippen molar-refractivity contribution in [2.75, 3.05) is 20.2 Å². The fraction of sp³-hybridized carbons (Fsp3) is 0.294. The molecular weight excluding hydrogens is 264 g/mol. The number of aromatic nitrogens is 1. The van der Waals surface area contributed by atoms with E-state index in [1.807, 2.05) is 44.2 Å². The molecular formula is C17H20N2O2. The van der Waals surface area contributed by atoms with E-state index in [9.17, 15) is 4.79 Å². The van der Waals surface area contributed by atoms with E-state index >= 15 is 0 Å². The summed E-state index contributed by atoms with van der Waals surface area (Å²) < 4.78 is 5.26. The molecule has 4 nitrogen and oxygen atoms in total. The maximum Gasteiger partial charge on any atom is 0.256 e. The third kappa shape index (κ3) is 3.21. The molecule has 0 fully saturated rings. The molecule has 1 aromatic heterocycles. The summed E-state index contributed by atoms with van der Waals surface area (Å²) in [5, 5.41) is 0. The summed E-state index contributed by atoms with van der Waals surface area (Å²) in [5.74, 6) is 0.775. The molecule has 0 saturated heterocycles. The topological polar surface area (TPSA) is 42.4 Å². The minimum absolute atomic E-state index is 0.00548. The summed E-state index contributed by atoms with van der Waals surface area (Å²) >= 11 is 0. The van der Waals surface area contributed by atoms with Crippen LogP contribution in [0.5, 0.6) is 5.75 Å².